The van der Waals surface area contributed by atoms with E-state index in [-0.39, 0.29) is 18.1 Å². The van der Waals surface area contributed by atoms with Gasteiger partial charge in [0, 0.05) is 26.4 Å². The molecule has 1 aromatic carbocycles. The zero-order valence-electron chi connectivity index (χ0n) is 9.04. The first-order chi connectivity index (χ1) is 7.52. The van der Waals surface area contributed by atoms with Gasteiger partial charge in [-0.2, -0.15) is 0 Å². The summed E-state index contributed by atoms with van der Waals surface area (Å²) in [7, 11) is 1.58. The average Bonchev–Trinajstić information content (AvgIpc) is 2.19. The molecule has 1 N–H and O–H groups in total. The van der Waals surface area contributed by atoms with E-state index in [0.29, 0.717) is 12.8 Å². The van der Waals surface area contributed by atoms with Gasteiger partial charge >= 0.3 is 0 Å². The second-order valence-electron chi connectivity index (χ2n) is 4.40. The van der Waals surface area contributed by atoms with Crippen LogP contribution in [0.25, 0.3) is 0 Å². The highest BCUT2D eigenvalue weighted by atomic mass is 19.1. The molecule has 4 heteroatoms. The predicted molar refractivity (Wildman–Crippen MR) is 55.0 cm³/mol. The third-order valence-electron chi connectivity index (χ3n) is 3.08. The topological polar surface area (TPSA) is 29.5 Å². The van der Waals surface area contributed by atoms with Crippen LogP contribution in [0.5, 0.6) is 0 Å². The van der Waals surface area contributed by atoms with Crippen molar-refractivity contribution in [2.24, 2.45) is 0 Å². The van der Waals surface area contributed by atoms with Gasteiger partial charge in [0.15, 0.2) is 0 Å². The first-order valence-corrected chi connectivity index (χ1v) is 5.21. The van der Waals surface area contributed by atoms with Crippen LogP contribution in [0.3, 0.4) is 0 Å². The van der Waals surface area contributed by atoms with Crippen LogP contribution in [0, 0.1) is 11.6 Å². The smallest absolute Gasteiger partial charge is 0.126 e. The maximum absolute atomic E-state index is 13.3. The van der Waals surface area contributed by atoms with Crippen LogP contribution in [-0.4, -0.2) is 23.9 Å². The molecule has 0 atom stereocenters. The van der Waals surface area contributed by atoms with Gasteiger partial charge in [0.1, 0.15) is 11.6 Å². The van der Waals surface area contributed by atoms with E-state index in [9.17, 15) is 13.9 Å². The molecule has 2 nitrogen and oxygen atoms in total. The second-order valence-corrected chi connectivity index (χ2v) is 4.40. The number of halogens is 2. The number of ether oxygens (including phenoxy) is 1. The maximum Gasteiger partial charge on any atom is 0.126 e. The fourth-order valence-electron chi connectivity index (χ4n) is 2.13. The normalized spacial score (nSPS) is 28.9. The van der Waals surface area contributed by atoms with Crippen LogP contribution in [-0.2, 0) is 11.2 Å². The lowest BCUT2D eigenvalue weighted by atomic mass is 9.73. The first kappa shape index (κ1) is 11.5. The van der Waals surface area contributed by atoms with Crippen LogP contribution in [0.15, 0.2) is 18.2 Å². The van der Waals surface area contributed by atoms with Crippen LogP contribution < -0.4 is 0 Å². The zero-order chi connectivity index (χ0) is 11.8. The van der Waals surface area contributed by atoms with Gasteiger partial charge in [-0.05, 0) is 23.8 Å². The Morgan fingerprint density at radius 1 is 1.44 bits per heavy atom. The van der Waals surface area contributed by atoms with Crippen molar-refractivity contribution in [3.8, 4) is 0 Å². The molecule has 1 aromatic rings. The monoisotopic (exact) mass is 228 g/mol. The van der Waals surface area contributed by atoms with E-state index in [2.05, 4.69) is 0 Å². The van der Waals surface area contributed by atoms with E-state index < -0.39 is 17.2 Å². The van der Waals surface area contributed by atoms with E-state index in [1.165, 1.54) is 0 Å². The van der Waals surface area contributed by atoms with Crippen molar-refractivity contribution in [3.05, 3.63) is 35.4 Å². The summed E-state index contributed by atoms with van der Waals surface area (Å²) in [5.41, 5.74) is -0.730. The number of benzene rings is 1. The van der Waals surface area contributed by atoms with E-state index in [1.54, 1.807) is 7.11 Å². The van der Waals surface area contributed by atoms with Gasteiger partial charge in [0.05, 0.1) is 11.7 Å². The Morgan fingerprint density at radius 2 is 2.12 bits per heavy atom. The van der Waals surface area contributed by atoms with Crippen LogP contribution in [0.1, 0.15) is 18.4 Å². The molecule has 0 radical (unpaired) electrons. The third-order valence-corrected chi connectivity index (χ3v) is 3.08. The fourth-order valence-corrected chi connectivity index (χ4v) is 2.13. The van der Waals surface area contributed by atoms with Gasteiger partial charge in [-0.3, -0.25) is 0 Å². The summed E-state index contributed by atoms with van der Waals surface area (Å²) in [6.07, 6.45) is 1.11. The average molecular weight is 228 g/mol. The summed E-state index contributed by atoms with van der Waals surface area (Å²) in [5, 5.41) is 10.0. The van der Waals surface area contributed by atoms with E-state index in [4.69, 9.17) is 4.74 Å². The number of hydrogen-bond donors (Lipinski definition) is 1. The van der Waals surface area contributed by atoms with Crippen molar-refractivity contribution < 1.29 is 18.6 Å². The van der Waals surface area contributed by atoms with Crippen LogP contribution in [0.2, 0.25) is 0 Å². The van der Waals surface area contributed by atoms with Gasteiger partial charge in [-0.15, -0.1) is 0 Å². The highest BCUT2D eigenvalue weighted by Gasteiger charge is 2.43. The molecule has 0 spiro atoms. The molecule has 16 heavy (non-hydrogen) atoms. The molecule has 88 valence electrons. The Morgan fingerprint density at radius 3 is 2.75 bits per heavy atom. The minimum absolute atomic E-state index is 0.0293. The summed E-state index contributed by atoms with van der Waals surface area (Å²) in [6.45, 7) is 0. The summed E-state index contributed by atoms with van der Waals surface area (Å²) in [4.78, 5) is 0. The molecule has 2 rings (SSSR count). The lowest BCUT2D eigenvalue weighted by molar-refractivity contribution is -0.126. The molecule has 0 saturated heterocycles. The molecule has 1 saturated carbocycles. The largest absolute Gasteiger partial charge is 0.389 e. The molecule has 1 aliphatic carbocycles. The Kier molecular flexibility index (Phi) is 2.95. The molecular formula is C12H14F2O2. The SMILES string of the molecule is COC1CC(O)(Cc2cc(F)ccc2F)C1. The van der Waals surface area contributed by atoms with E-state index in [0.717, 1.165) is 18.2 Å². The molecule has 0 aliphatic heterocycles. The zero-order valence-corrected chi connectivity index (χ0v) is 9.04. The number of methoxy groups -OCH3 is 1. The van der Waals surface area contributed by atoms with Crippen LogP contribution in [0.4, 0.5) is 8.78 Å². The summed E-state index contributed by atoms with van der Waals surface area (Å²) >= 11 is 0. The van der Waals surface area contributed by atoms with Crippen molar-refractivity contribution in [2.45, 2.75) is 31.0 Å². The first-order valence-electron chi connectivity index (χ1n) is 5.21. The highest BCUT2D eigenvalue weighted by Crippen LogP contribution is 2.37. The molecule has 0 heterocycles. The summed E-state index contributed by atoms with van der Waals surface area (Å²) in [5.74, 6) is -0.960. The number of hydrogen-bond acceptors (Lipinski definition) is 2. The molecule has 0 aromatic heterocycles. The molecule has 1 aliphatic rings. The molecule has 1 fully saturated rings. The third kappa shape index (κ3) is 2.23. The van der Waals surface area contributed by atoms with Gasteiger partial charge in [0.2, 0.25) is 0 Å². The van der Waals surface area contributed by atoms with Gasteiger partial charge < -0.3 is 9.84 Å². The molecular weight excluding hydrogens is 214 g/mol. The van der Waals surface area contributed by atoms with Crippen LogP contribution >= 0.6 is 0 Å². The lowest BCUT2D eigenvalue weighted by Crippen LogP contribution is -2.49. The van der Waals surface area contributed by atoms with Gasteiger partial charge in [0.25, 0.3) is 0 Å². The Bertz CT molecular complexity index is 387. The van der Waals surface area contributed by atoms with Crippen molar-refractivity contribution in [2.75, 3.05) is 7.11 Å². The number of rotatable bonds is 3. The quantitative estimate of drug-likeness (QED) is 0.858. The predicted octanol–water partition coefficient (Wildman–Crippen LogP) is 2.05. The number of aliphatic hydroxyl groups is 1. The molecule has 0 amide bonds. The van der Waals surface area contributed by atoms with Crippen molar-refractivity contribution in [3.63, 3.8) is 0 Å². The van der Waals surface area contributed by atoms with E-state index in [1.807, 2.05) is 0 Å². The van der Waals surface area contributed by atoms with E-state index >= 15 is 0 Å². The van der Waals surface area contributed by atoms with Crippen molar-refractivity contribution in [1.29, 1.82) is 0 Å². The maximum atomic E-state index is 13.3. The lowest BCUT2D eigenvalue weighted by Gasteiger charge is -2.42. The summed E-state index contributed by atoms with van der Waals surface area (Å²) in [6, 6.07) is 3.29. The summed E-state index contributed by atoms with van der Waals surface area (Å²) < 4.78 is 31.3. The molecule has 0 bridgehead atoms. The van der Waals surface area contributed by atoms with Crippen molar-refractivity contribution in [1.82, 2.24) is 0 Å². The minimum Gasteiger partial charge on any atom is -0.389 e. The minimum atomic E-state index is -0.949. The van der Waals surface area contributed by atoms with Gasteiger partial charge in [-0.1, -0.05) is 0 Å². The Hall–Kier alpha value is -1.00. The Balaban J connectivity index is 2.07. The van der Waals surface area contributed by atoms with Gasteiger partial charge in [-0.25, -0.2) is 8.78 Å². The molecule has 0 unspecified atom stereocenters. The Labute approximate surface area is 92.9 Å². The standard InChI is InChI=1S/C12H14F2O2/c1-16-10-6-12(15,7-10)5-8-4-9(13)2-3-11(8)14/h2-4,10,15H,5-7H2,1H3. The highest BCUT2D eigenvalue weighted by molar-refractivity contribution is 5.22. The fraction of sp³-hybridized carbons (Fsp3) is 0.500. The second kappa shape index (κ2) is 4.11. The van der Waals surface area contributed by atoms with Crippen molar-refractivity contribution >= 4 is 0 Å².